The lowest BCUT2D eigenvalue weighted by atomic mass is 10.2. The van der Waals surface area contributed by atoms with E-state index in [9.17, 15) is 26.4 Å². The molecule has 0 amide bonds. The number of alkyl halides is 3. The second-order valence-electron chi connectivity index (χ2n) is 8.30. The summed E-state index contributed by atoms with van der Waals surface area (Å²) < 4.78 is 74.1. The third kappa shape index (κ3) is 4.62. The predicted molar refractivity (Wildman–Crippen MR) is 121 cm³/mol. The molecular formula is C23H23F3N4O4S. The van der Waals surface area contributed by atoms with Gasteiger partial charge in [0.15, 0.2) is 9.84 Å². The number of aromatic nitrogens is 3. The lowest BCUT2D eigenvalue weighted by molar-refractivity contribution is -0.142. The highest BCUT2D eigenvalue weighted by molar-refractivity contribution is 7.92. The first kappa shape index (κ1) is 24.7. The summed E-state index contributed by atoms with van der Waals surface area (Å²) in [4.78, 5) is 17.5. The van der Waals surface area contributed by atoms with Gasteiger partial charge >= 0.3 is 12.1 Å². The molecule has 1 saturated heterocycles. The number of rotatable bonds is 5. The van der Waals surface area contributed by atoms with Crippen LogP contribution in [0.4, 0.5) is 19.0 Å². The highest BCUT2D eigenvalue weighted by Crippen LogP contribution is 2.39. The minimum atomic E-state index is -4.85. The normalized spacial score (nSPS) is 18.6. The van der Waals surface area contributed by atoms with Crippen LogP contribution in [0.25, 0.3) is 5.69 Å². The molecule has 1 unspecified atom stereocenters. The van der Waals surface area contributed by atoms with E-state index < -0.39 is 43.7 Å². The molecule has 0 radical (unpaired) electrons. The Bertz CT molecular complexity index is 1370. The van der Waals surface area contributed by atoms with Crippen LogP contribution in [0, 0.1) is 13.8 Å². The third-order valence-electron chi connectivity index (χ3n) is 5.91. The minimum absolute atomic E-state index is 0.219. The molecule has 0 aliphatic carbocycles. The van der Waals surface area contributed by atoms with Crippen LogP contribution in [0.15, 0.2) is 53.6 Å². The molecule has 1 fully saturated rings. The Morgan fingerprint density at radius 3 is 2.49 bits per heavy atom. The number of aryl methyl sites for hydroxylation is 2. The summed E-state index contributed by atoms with van der Waals surface area (Å²) in [7, 11) is -3.28. The van der Waals surface area contributed by atoms with Crippen LogP contribution in [-0.4, -0.2) is 54.1 Å². The first-order valence-electron chi connectivity index (χ1n) is 10.7. The molecule has 8 nitrogen and oxygen atoms in total. The first-order chi connectivity index (χ1) is 16.4. The van der Waals surface area contributed by atoms with Gasteiger partial charge in [0.1, 0.15) is 11.9 Å². The number of nitrogens with zero attached hydrogens (tertiary/aromatic N) is 4. The molecule has 12 heteroatoms. The maximum atomic E-state index is 13.6. The van der Waals surface area contributed by atoms with Gasteiger partial charge in [-0.15, -0.1) is 0 Å². The zero-order valence-electron chi connectivity index (χ0n) is 19.2. The van der Waals surface area contributed by atoms with Crippen molar-refractivity contribution >= 4 is 21.6 Å². The van der Waals surface area contributed by atoms with Gasteiger partial charge in [0.25, 0.3) is 0 Å². The average molecular weight is 509 g/mol. The molecule has 4 rings (SSSR count). The van der Waals surface area contributed by atoms with Crippen molar-refractivity contribution in [2.75, 3.05) is 18.6 Å². The SMILES string of the molecule is COC(=O)C1C[C@@H](S(=O)(=O)c2ccccc2C(F)(F)F)CN1c1cc(C)nn1-c1ccnc(C)c1. The topological polar surface area (TPSA) is 94.4 Å². The van der Waals surface area contributed by atoms with E-state index in [0.29, 0.717) is 17.2 Å². The Morgan fingerprint density at radius 2 is 1.83 bits per heavy atom. The molecular weight excluding hydrogens is 485 g/mol. The van der Waals surface area contributed by atoms with Gasteiger partial charge in [0.2, 0.25) is 0 Å². The van der Waals surface area contributed by atoms with E-state index in [2.05, 4.69) is 10.1 Å². The lowest BCUT2D eigenvalue weighted by Gasteiger charge is -2.25. The van der Waals surface area contributed by atoms with Crippen LogP contribution < -0.4 is 4.90 Å². The number of pyridine rings is 1. The van der Waals surface area contributed by atoms with Crippen molar-refractivity contribution in [3.63, 3.8) is 0 Å². The molecule has 0 N–H and O–H groups in total. The Labute approximate surface area is 200 Å². The number of esters is 1. The van der Waals surface area contributed by atoms with Gasteiger partial charge in [-0.25, -0.2) is 17.9 Å². The van der Waals surface area contributed by atoms with Crippen LogP contribution >= 0.6 is 0 Å². The standard InChI is InChI=1S/C23H23F3N4O4S/c1-14-10-16(8-9-27-14)30-21(11-15(2)28-30)29-13-17(12-19(29)22(31)34-3)35(32,33)20-7-5-4-6-18(20)23(24,25)26/h4-11,17,19H,12-13H2,1-3H3/t17-,19?/m1/s1. The van der Waals surface area contributed by atoms with Gasteiger partial charge in [0.05, 0.1) is 34.2 Å². The number of halogens is 3. The molecule has 0 saturated carbocycles. The van der Waals surface area contributed by atoms with Gasteiger partial charge in [-0.2, -0.15) is 18.3 Å². The molecule has 3 aromatic rings. The summed E-state index contributed by atoms with van der Waals surface area (Å²) in [5.41, 5.74) is 0.725. The number of benzene rings is 1. The van der Waals surface area contributed by atoms with E-state index in [1.54, 1.807) is 42.9 Å². The fraction of sp³-hybridized carbons (Fsp3) is 0.348. The molecule has 186 valence electrons. The number of hydrogen-bond acceptors (Lipinski definition) is 7. The maximum Gasteiger partial charge on any atom is 0.417 e. The van der Waals surface area contributed by atoms with Gasteiger partial charge in [-0.1, -0.05) is 12.1 Å². The van der Waals surface area contributed by atoms with Gasteiger partial charge in [0, 0.05) is 24.5 Å². The number of carbonyl (C=O) groups excluding carboxylic acids is 1. The fourth-order valence-electron chi connectivity index (χ4n) is 4.31. The van der Waals surface area contributed by atoms with E-state index in [0.717, 1.165) is 23.9 Å². The zero-order chi connectivity index (χ0) is 25.5. The number of anilines is 1. The number of hydrogen-bond donors (Lipinski definition) is 0. The van der Waals surface area contributed by atoms with Crippen LogP contribution in [0.1, 0.15) is 23.4 Å². The summed E-state index contributed by atoms with van der Waals surface area (Å²) >= 11 is 0. The Kier molecular flexibility index (Phi) is 6.34. The average Bonchev–Trinajstić information content (AvgIpc) is 3.42. The van der Waals surface area contributed by atoms with E-state index in [1.165, 1.54) is 18.1 Å². The van der Waals surface area contributed by atoms with Gasteiger partial charge in [-0.3, -0.25) is 4.98 Å². The largest absolute Gasteiger partial charge is 0.467 e. The molecule has 0 bridgehead atoms. The Morgan fingerprint density at radius 1 is 1.11 bits per heavy atom. The predicted octanol–water partition coefficient (Wildman–Crippen LogP) is 3.50. The van der Waals surface area contributed by atoms with Crippen molar-refractivity contribution in [2.24, 2.45) is 0 Å². The second kappa shape index (κ2) is 8.99. The first-order valence-corrected chi connectivity index (χ1v) is 12.2. The number of methoxy groups -OCH3 is 1. The Hall–Kier alpha value is -3.41. The van der Waals surface area contributed by atoms with Gasteiger partial charge < -0.3 is 9.64 Å². The second-order valence-corrected chi connectivity index (χ2v) is 10.5. The molecule has 35 heavy (non-hydrogen) atoms. The Balaban J connectivity index is 1.79. The fourth-order valence-corrected chi connectivity index (χ4v) is 6.22. The molecule has 3 heterocycles. The van der Waals surface area contributed by atoms with E-state index in [1.807, 2.05) is 0 Å². The third-order valence-corrected chi connectivity index (χ3v) is 8.09. The highest BCUT2D eigenvalue weighted by atomic mass is 32.2. The van der Waals surface area contributed by atoms with E-state index >= 15 is 0 Å². The van der Waals surface area contributed by atoms with Crippen molar-refractivity contribution in [3.05, 3.63) is 65.6 Å². The van der Waals surface area contributed by atoms with Crippen LogP contribution in [0.5, 0.6) is 0 Å². The quantitative estimate of drug-likeness (QED) is 0.487. The lowest BCUT2D eigenvalue weighted by Crippen LogP contribution is -2.38. The van der Waals surface area contributed by atoms with Crippen LogP contribution in [0.2, 0.25) is 0 Å². The maximum absolute atomic E-state index is 13.6. The molecule has 1 aromatic carbocycles. The summed E-state index contributed by atoms with van der Waals surface area (Å²) in [5.74, 6) is -0.270. The number of ether oxygens (including phenoxy) is 1. The van der Waals surface area contributed by atoms with Crippen molar-refractivity contribution in [2.45, 2.75) is 42.6 Å². The van der Waals surface area contributed by atoms with Crippen LogP contribution in [0.3, 0.4) is 0 Å². The summed E-state index contributed by atoms with van der Waals surface area (Å²) in [5, 5.41) is 3.20. The van der Waals surface area contributed by atoms with E-state index in [-0.39, 0.29) is 13.0 Å². The van der Waals surface area contributed by atoms with Crippen molar-refractivity contribution in [3.8, 4) is 5.69 Å². The molecule has 2 aromatic heterocycles. The summed E-state index contributed by atoms with van der Waals surface area (Å²) in [6, 6.07) is 8.20. The van der Waals surface area contributed by atoms with Gasteiger partial charge in [-0.05, 0) is 44.5 Å². The van der Waals surface area contributed by atoms with Crippen molar-refractivity contribution < 1.29 is 31.1 Å². The molecule has 0 spiro atoms. The van der Waals surface area contributed by atoms with Crippen LogP contribution in [-0.2, 0) is 25.5 Å². The smallest absolute Gasteiger partial charge is 0.417 e. The molecule has 1 aliphatic rings. The van der Waals surface area contributed by atoms with E-state index in [4.69, 9.17) is 4.74 Å². The monoisotopic (exact) mass is 508 g/mol. The van der Waals surface area contributed by atoms with Crippen molar-refractivity contribution in [1.82, 2.24) is 14.8 Å². The zero-order valence-corrected chi connectivity index (χ0v) is 20.0. The summed E-state index contributed by atoms with van der Waals surface area (Å²) in [6.07, 6.45) is -3.49. The van der Waals surface area contributed by atoms with Crippen molar-refractivity contribution in [1.29, 1.82) is 0 Å². The molecule has 1 aliphatic heterocycles. The number of sulfone groups is 1. The minimum Gasteiger partial charge on any atom is -0.467 e. The summed E-state index contributed by atoms with van der Waals surface area (Å²) in [6.45, 7) is 3.32. The highest BCUT2D eigenvalue weighted by Gasteiger charge is 2.47. The number of carbonyl (C=O) groups is 1. The molecule has 2 atom stereocenters.